The zero-order chi connectivity index (χ0) is 12.8. The Morgan fingerprint density at radius 1 is 1.22 bits per heavy atom. The Hall–Kier alpha value is -1.16. The second kappa shape index (κ2) is 6.69. The summed E-state index contributed by atoms with van der Waals surface area (Å²) >= 11 is 1.73. The van der Waals surface area contributed by atoms with E-state index in [1.165, 1.54) is 5.56 Å². The van der Waals surface area contributed by atoms with Crippen LogP contribution in [0.5, 0.6) is 0 Å². The number of hydrogen-bond donors (Lipinski definition) is 2. The van der Waals surface area contributed by atoms with Gasteiger partial charge in [0.2, 0.25) is 0 Å². The van der Waals surface area contributed by atoms with Crippen molar-refractivity contribution in [3.8, 4) is 0 Å². The van der Waals surface area contributed by atoms with Crippen LogP contribution in [-0.4, -0.2) is 17.8 Å². The van der Waals surface area contributed by atoms with Crippen molar-refractivity contribution in [3.05, 3.63) is 58.3 Å². The van der Waals surface area contributed by atoms with Crippen LogP contribution in [0.3, 0.4) is 0 Å². The van der Waals surface area contributed by atoms with E-state index in [-0.39, 0.29) is 12.6 Å². The number of aliphatic hydroxyl groups is 1. The van der Waals surface area contributed by atoms with Crippen LogP contribution in [0.1, 0.15) is 24.1 Å². The Morgan fingerprint density at radius 2 is 2.00 bits per heavy atom. The van der Waals surface area contributed by atoms with E-state index in [1.807, 2.05) is 30.3 Å². The predicted molar refractivity (Wildman–Crippen MR) is 76.9 cm³/mol. The summed E-state index contributed by atoms with van der Waals surface area (Å²) in [5.41, 5.74) is 2.49. The van der Waals surface area contributed by atoms with E-state index in [0.717, 1.165) is 12.0 Å². The third-order valence-corrected chi connectivity index (χ3v) is 3.72. The molecule has 0 spiro atoms. The lowest BCUT2D eigenvalue weighted by molar-refractivity contribution is 0.235. The smallest absolute Gasteiger partial charge is 0.0626 e. The Kier molecular flexibility index (Phi) is 4.93. The molecule has 0 saturated heterocycles. The summed E-state index contributed by atoms with van der Waals surface area (Å²) < 4.78 is 0. The van der Waals surface area contributed by atoms with Crippen LogP contribution in [0.25, 0.3) is 0 Å². The number of rotatable bonds is 6. The van der Waals surface area contributed by atoms with Crippen molar-refractivity contribution >= 4 is 11.3 Å². The van der Waals surface area contributed by atoms with Crippen molar-refractivity contribution in [1.29, 1.82) is 0 Å². The Labute approximate surface area is 112 Å². The molecule has 2 nitrogen and oxygen atoms in total. The molecule has 1 aromatic carbocycles. The minimum Gasteiger partial charge on any atom is -0.394 e. The van der Waals surface area contributed by atoms with E-state index in [1.54, 1.807) is 11.3 Å². The number of aliphatic hydroxyl groups excluding tert-OH is 1. The molecule has 1 heterocycles. The fourth-order valence-corrected chi connectivity index (χ4v) is 2.79. The van der Waals surface area contributed by atoms with Crippen molar-refractivity contribution in [1.82, 2.24) is 5.32 Å². The van der Waals surface area contributed by atoms with E-state index in [0.29, 0.717) is 6.04 Å². The summed E-state index contributed by atoms with van der Waals surface area (Å²) in [4.78, 5) is 0. The van der Waals surface area contributed by atoms with E-state index in [9.17, 15) is 5.11 Å². The second-order valence-electron chi connectivity index (χ2n) is 4.55. The van der Waals surface area contributed by atoms with Gasteiger partial charge in [-0.2, -0.15) is 11.3 Å². The number of benzene rings is 1. The van der Waals surface area contributed by atoms with Gasteiger partial charge in [0, 0.05) is 6.04 Å². The van der Waals surface area contributed by atoms with Gasteiger partial charge in [-0.1, -0.05) is 30.3 Å². The van der Waals surface area contributed by atoms with Crippen LogP contribution in [0, 0.1) is 0 Å². The van der Waals surface area contributed by atoms with Gasteiger partial charge in [-0.3, -0.25) is 0 Å². The van der Waals surface area contributed by atoms with Gasteiger partial charge in [-0.25, -0.2) is 0 Å². The van der Waals surface area contributed by atoms with Gasteiger partial charge in [-0.15, -0.1) is 0 Å². The summed E-state index contributed by atoms with van der Waals surface area (Å²) in [5.74, 6) is 0. The number of hydrogen-bond acceptors (Lipinski definition) is 3. The predicted octanol–water partition coefficient (Wildman–Crippen LogP) is 3.00. The van der Waals surface area contributed by atoms with E-state index < -0.39 is 0 Å². The number of nitrogens with one attached hydrogen (secondary N) is 1. The summed E-state index contributed by atoms with van der Waals surface area (Å²) in [6, 6.07) is 12.6. The van der Waals surface area contributed by atoms with E-state index in [2.05, 4.69) is 29.1 Å². The van der Waals surface area contributed by atoms with Crippen LogP contribution < -0.4 is 5.32 Å². The molecule has 0 aliphatic heterocycles. The van der Waals surface area contributed by atoms with E-state index >= 15 is 0 Å². The number of thiophene rings is 1. The molecular formula is C15H19NOS. The molecule has 18 heavy (non-hydrogen) atoms. The van der Waals surface area contributed by atoms with Crippen molar-refractivity contribution in [3.63, 3.8) is 0 Å². The van der Waals surface area contributed by atoms with Gasteiger partial charge < -0.3 is 10.4 Å². The Balaban J connectivity index is 1.94. The van der Waals surface area contributed by atoms with E-state index in [4.69, 9.17) is 0 Å². The molecule has 2 aromatic rings. The fourth-order valence-electron chi connectivity index (χ4n) is 2.10. The summed E-state index contributed by atoms with van der Waals surface area (Å²) in [6.45, 7) is 2.28. The normalized spacial score (nSPS) is 14.3. The minimum atomic E-state index is 0.0137. The standard InChI is InChI=1S/C15H19NOS/c1-12(9-13-7-8-18-11-13)16-15(10-17)14-5-3-2-4-6-14/h2-8,11-12,15-17H,9-10H2,1H3/t12?,15-/m1/s1. The summed E-state index contributed by atoms with van der Waals surface area (Å²) in [7, 11) is 0. The van der Waals surface area contributed by atoms with Gasteiger partial charge in [0.05, 0.1) is 12.6 Å². The Bertz CT molecular complexity index is 441. The molecule has 0 fully saturated rings. The SMILES string of the molecule is CC(Cc1ccsc1)N[C@H](CO)c1ccccc1. The van der Waals surface area contributed by atoms with Gasteiger partial charge in [0.15, 0.2) is 0 Å². The third kappa shape index (κ3) is 3.67. The fraction of sp³-hybridized carbons (Fsp3) is 0.333. The third-order valence-electron chi connectivity index (χ3n) is 2.99. The van der Waals surface area contributed by atoms with Crippen LogP contribution in [0.4, 0.5) is 0 Å². The first kappa shape index (κ1) is 13.3. The molecule has 0 aliphatic carbocycles. The molecule has 2 N–H and O–H groups in total. The highest BCUT2D eigenvalue weighted by molar-refractivity contribution is 7.07. The monoisotopic (exact) mass is 261 g/mol. The molecule has 1 aromatic heterocycles. The average molecular weight is 261 g/mol. The molecular weight excluding hydrogens is 242 g/mol. The van der Waals surface area contributed by atoms with Crippen LogP contribution in [0.2, 0.25) is 0 Å². The molecule has 2 atom stereocenters. The van der Waals surface area contributed by atoms with Crippen molar-refractivity contribution in [2.45, 2.75) is 25.4 Å². The first-order chi connectivity index (χ1) is 8.79. The molecule has 0 saturated carbocycles. The maximum atomic E-state index is 9.49. The quantitative estimate of drug-likeness (QED) is 0.838. The second-order valence-corrected chi connectivity index (χ2v) is 5.33. The highest BCUT2D eigenvalue weighted by Crippen LogP contribution is 2.14. The molecule has 96 valence electrons. The largest absolute Gasteiger partial charge is 0.394 e. The summed E-state index contributed by atoms with van der Waals surface area (Å²) in [6.07, 6.45) is 0.993. The van der Waals surface area contributed by atoms with Gasteiger partial charge in [0.25, 0.3) is 0 Å². The first-order valence-electron chi connectivity index (χ1n) is 6.22. The lowest BCUT2D eigenvalue weighted by Gasteiger charge is -2.22. The van der Waals surface area contributed by atoms with Crippen molar-refractivity contribution in [2.24, 2.45) is 0 Å². The molecule has 1 unspecified atom stereocenters. The maximum absolute atomic E-state index is 9.49. The molecule has 0 aliphatic rings. The summed E-state index contributed by atoms with van der Waals surface area (Å²) in [5, 5.41) is 17.2. The van der Waals surface area contributed by atoms with Crippen molar-refractivity contribution < 1.29 is 5.11 Å². The highest BCUT2D eigenvalue weighted by Gasteiger charge is 2.13. The molecule has 0 bridgehead atoms. The van der Waals surface area contributed by atoms with Crippen LogP contribution in [-0.2, 0) is 6.42 Å². The van der Waals surface area contributed by atoms with Crippen molar-refractivity contribution in [2.75, 3.05) is 6.61 Å². The molecule has 0 radical (unpaired) electrons. The van der Waals surface area contributed by atoms with Gasteiger partial charge in [0.1, 0.15) is 0 Å². The van der Waals surface area contributed by atoms with Crippen LogP contribution >= 0.6 is 11.3 Å². The Morgan fingerprint density at radius 3 is 2.61 bits per heavy atom. The molecule has 3 heteroatoms. The average Bonchev–Trinajstić information content (AvgIpc) is 2.90. The topological polar surface area (TPSA) is 32.3 Å². The van der Waals surface area contributed by atoms with Gasteiger partial charge in [-0.05, 0) is 41.3 Å². The molecule has 2 rings (SSSR count). The first-order valence-corrected chi connectivity index (χ1v) is 7.17. The molecule has 0 amide bonds. The minimum absolute atomic E-state index is 0.0137. The lowest BCUT2D eigenvalue weighted by Crippen LogP contribution is -2.34. The lowest BCUT2D eigenvalue weighted by atomic mass is 10.0. The highest BCUT2D eigenvalue weighted by atomic mass is 32.1. The van der Waals surface area contributed by atoms with Gasteiger partial charge >= 0.3 is 0 Å². The zero-order valence-corrected chi connectivity index (χ0v) is 11.4. The zero-order valence-electron chi connectivity index (χ0n) is 10.5. The maximum Gasteiger partial charge on any atom is 0.0626 e. The van der Waals surface area contributed by atoms with Crippen LogP contribution in [0.15, 0.2) is 47.2 Å².